The maximum atomic E-state index is 12.6. The highest BCUT2D eigenvalue weighted by molar-refractivity contribution is 7.99. The maximum Gasteiger partial charge on any atom is 0.277 e. The highest BCUT2D eigenvalue weighted by Crippen LogP contribution is 2.55. The number of aromatic nitrogens is 2. The van der Waals surface area contributed by atoms with Gasteiger partial charge in [-0.15, -0.1) is 10.2 Å². The summed E-state index contributed by atoms with van der Waals surface area (Å²) in [5.74, 6) is 3.53. The Morgan fingerprint density at radius 2 is 1.74 bits per heavy atom. The zero-order valence-electron chi connectivity index (χ0n) is 15.4. The average molecular weight is 384 g/mol. The molecule has 1 amide bonds. The van der Waals surface area contributed by atoms with Crippen molar-refractivity contribution in [1.29, 1.82) is 0 Å². The molecule has 1 N–H and O–H groups in total. The van der Waals surface area contributed by atoms with Gasteiger partial charge in [-0.1, -0.05) is 42.1 Å². The third kappa shape index (κ3) is 3.77. The van der Waals surface area contributed by atoms with E-state index in [0.717, 1.165) is 23.3 Å². The Labute approximate surface area is 163 Å². The normalized spacial score (nSPS) is 31.2. The Morgan fingerprint density at radius 3 is 2.41 bits per heavy atom. The summed E-state index contributed by atoms with van der Waals surface area (Å²) in [5, 5.41) is 12.0. The molecule has 4 bridgehead atoms. The first-order valence-corrected chi connectivity index (χ1v) is 10.9. The zero-order valence-corrected chi connectivity index (χ0v) is 16.2. The van der Waals surface area contributed by atoms with Gasteiger partial charge in [0.15, 0.2) is 0 Å². The lowest BCUT2D eigenvalue weighted by molar-refractivity contribution is -0.124. The molecule has 142 valence electrons. The van der Waals surface area contributed by atoms with Gasteiger partial charge in [-0.25, -0.2) is 0 Å². The molecule has 5 nitrogen and oxygen atoms in total. The molecule has 27 heavy (non-hydrogen) atoms. The lowest BCUT2D eigenvalue weighted by atomic mass is 9.53. The number of nitrogens with zero attached hydrogens (tertiary/aromatic N) is 2. The van der Waals surface area contributed by atoms with Gasteiger partial charge in [0.25, 0.3) is 5.22 Å². The van der Waals surface area contributed by atoms with Gasteiger partial charge in [0.05, 0.1) is 12.2 Å². The fourth-order valence-corrected chi connectivity index (χ4v) is 6.44. The number of amides is 1. The molecule has 4 fully saturated rings. The highest BCUT2D eigenvalue weighted by Gasteiger charge is 2.51. The second-order valence-electron chi connectivity index (χ2n) is 8.66. The highest BCUT2D eigenvalue weighted by atomic mass is 32.2. The lowest BCUT2D eigenvalue weighted by Gasteiger charge is -2.56. The van der Waals surface area contributed by atoms with Gasteiger partial charge in [0.2, 0.25) is 11.8 Å². The molecule has 0 spiro atoms. The van der Waals surface area contributed by atoms with Gasteiger partial charge in [-0.2, -0.15) is 0 Å². The van der Waals surface area contributed by atoms with Crippen molar-refractivity contribution in [2.45, 2.75) is 55.7 Å². The van der Waals surface area contributed by atoms with E-state index in [2.05, 4.69) is 15.5 Å². The maximum absolute atomic E-state index is 12.6. The molecule has 1 aromatic heterocycles. The number of hydrogen-bond acceptors (Lipinski definition) is 5. The Bertz CT molecular complexity index is 785. The van der Waals surface area contributed by atoms with E-state index < -0.39 is 0 Å². The molecule has 0 unspecified atom stereocenters. The van der Waals surface area contributed by atoms with Crippen LogP contribution >= 0.6 is 11.8 Å². The van der Waals surface area contributed by atoms with Crippen molar-refractivity contribution in [2.75, 3.05) is 5.75 Å². The Hall–Kier alpha value is -1.82. The number of benzene rings is 1. The van der Waals surface area contributed by atoms with Crippen LogP contribution in [-0.4, -0.2) is 27.4 Å². The minimum Gasteiger partial charge on any atom is -0.416 e. The van der Waals surface area contributed by atoms with Crippen LogP contribution in [0.15, 0.2) is 40.0 Å². The van der Waals surface area contributed by atoms with Crippen LogP contribution in [0.4, 0.5) is 0 Å². The van der Waals surface area contributed by atoms with E-state index in [1.54, 1.807) is 0 Å². The third-order valence-corrected chi connectivity index (χ3v) is 7.23. The van der Waals surface area contributed by atoms with Crippen molar-refractivity contribution in [3.8, 4) is 0 Å². The van der Waals surface area contributed by atoms with E-state index in [4.69, 9.17) is 4.42 Å². The van der Waals surface area contributed by atoms with Crippen molar-refractivity contribution < 1.29 is 9.21 Å². The molecule has 2 aromatic rings. The van der Waals surface area contributed by atoms with Crippen molar-refractivity contribution in [1.82, 2.24) is 15.5 Å². The van der Waals surface area contributed by atoms with Gasteiger partial charge in [0.1, 0.15) is 0 Å². The fraction of sp³-hybridized carbons (Fsp3) is 0.571. The van der Waals surface area contributed by atoms with Gasteiger partial charge in [0, 0.05) is 5.54 Å². The molecule has 0 saturated heterocycles. The predicted octanol–water partition coefficient (Wildman–Crippen LogP) is 3.84. The Kier molecular flexibility index (Phi) is 4.46. The largest absolute Gasteiger partial charge is 0.416 e. The monoisotopic (exact) mass is 383 g/mol. The van der Waals surface area contributed by atoms with E-state index in [0.29, 0.717) is 23.3 Å². The molecule has 0 aliphatic heterocycles. The van der Waals surface area contributed by atoms with Gasteiger partial charge < -0.3 is 9.73 Å². The summed E-state index contributed by atoms with van der Waals surface area (Å²) >= 11 is 1.34. The first-order valence-electron chi connectivity index (χ1n) is 9.96. The number of nitrogens with one attached hydrogen (secondary N) is 1. The molecule has 4 aliphatic carbocycles. The van der Waals surface area contributed by atoms with Crippen LogP contribution in [-0.2, 0) is 11.2 Å². The summed E-state index contributed by atoms with van der Waals surface area (Å²) < 4.78 is 5.69. The second-order valence-corrected chi connectivity index (χ2v) is 9.59. The molecule has 1 aromatic carbocycles. The minimum atomic E-state index is 0.0692. The minimum absolute atomic E-state index is 0.0692. The molecule has 0 radical (unpaired) electrons. The van der Waals surface area contributed by atoms with Crippen molar-refractivity contribution in [3.05, 3.63) is 41.8 Å². The molecule has 6 heteroatoms. The van der Waals surface area contributed by atoms with Crippen LogP contribution in [0.5, 0.6) is 0 Å². The Balaban J connectivity index is 1.15. The van der Waals surface area contributed by atoms with E-state index in [1.165, 1.54) is 50.3 Å². The number of carbonyl (C=O) groups is 1. The van der Waals surface area contributed by atoms with Crippen LogP contribution in [0.2, 0.25) is 0 Å². The fourth-order valence-electron chi connectivity index (χ4n) is 5.86. The summed E-state index contributed by atoms with van der Waals surface area (Å²) in [6.45, 7) is 0. The molecule has 6 rings (SSSR count). The number of thioether (sulfide) groups is 1. The van der Waals surface area contributed by atoms with Gasteiger partial charge >= 0.3 is 0 Å². The smallest absolute Gasteiger partial charge is 0.277 e. The van der Waals surface area contributed by atoms with E-state index in [1.807, 2.05) is 30.3 Å². The zero-order chi connectivity index (χ0) is 18.3. The second kappa shape index (κ2) is 6.97. The van der Waals surface area contributed by atoms with Crippen molar-refractivity contribution in [3.63, 3.8) is 0 Å². The van der Waals surface area contributed by atoms with Crippen LogP contribution < -0.4 is 5.32 Å². The quantitative estimate of drug-likeness (QED) is 0.768. The van der Waals surface area contributed by atoms with E-state index >= 15 is 0 Å². The summed E-state index contributed by atoms with van der Waals surface area (Å²) in [4.78, 5) is 12.6. The summed E-state index contributed by atoms with van der Waals surface area (Å²) in [7, 11) is 0. The molecular weight excluding hydrogens is 358 g/mol. The number of carbonyl (C=O) groups excluding carboxylic acids is 1. The van der Waals surface area contributed by atoms with Crippen LogP contribution in [0.3, 0.4) is 0 Å². The van der Waals surface area contributed by atoms with Crippen molar-refractivity contribution >= 4 is 17.7 Å². The van der Waals surface area contributed by atoms with Crippen LogP contribution in [0.1, 0.15) is 50.0 Å². The molecule has 0 atom stereocenters. The Morgan fingerprint density at radius 1 is 1.07 bits per heavy atom. The van der Waals surface area contributed by atoms with Crippen LogP contribution in [0, 0.1) is 17.8 Å². The van der Waals surface area contributed by atoms with Crippen LogP contribution in [0.25, 0.3) is 0 Å². The molecule has 1 heterocycles. The summed E-state index contributed by atoms with van der Waals surface area (Å²) in [5.41, 5.74) is 1.21. The SMILES string of the molecule is O=C(CSc1nnc(Cc2ccccc2)o1)NC12CC3CC(CC(C3)C1)C2. The van der Waals surface area contributed by atoms with Gasteiger partial charge in [-0.3, -0.25) is 4.79 Å². The average Bonchev–Trinajstić information content (AvgIpc) is 3.07. The molecule has 4 aliphatic rings. The van der Waals surface area contributed by atoms with Crippen molar-refractivity contribution in [2.24, 2.45) is 17.8 Å². The number of hydrogen-bond donors (Lipinski definition) is 1. The summed E-state index contributed by atoms with van der Waals surface area (Å²) in [6.07, 6.45) is 8.31. The standard InChI is InChI=1S/C21H25N3O2S/c25-18(22-21-10-15-6-16(11-21)8-17(7-15)12-21)13-27-20-24-23-19(26-20)9-14-4-2-1-3-5-14/h1-5,15-17H,6-13H2,(H,22,25). The predicted molar refractivity (Wildman–Crippen MR) is 103 cm³/mol. The molecule has 4 saturated carbocycles. The third-order valence-electron chi connectivity index (χ3n) is 6.42. The van der Waals surface area contributed by atoms with E-state index in [-0.39, 0.29) is 11.4 Å². The van der Waals surface area contributed by atoms with Gasteiger partial charge in [-0.05, 0) is 61.8 Å². The lowest BCUT2D eigenvalue weighted by Crippen LogP contribution is -2.60. The van der Waals surface area contributed by atoms with E-state index in [9.17, 15) is 4.79 Å². The topological polar surface area (TPSA) is 68.0 Å². The number of rotatable bonds is 6. The first-order chi connectivity index (χ1) is 13.2. The molecular formula is C21H25N3O2S. The first kappa shape index (κ1) is 17.3. The summed E-state index contributed by atoms with van der Waals surface area (Å²) in [6, 6.07) is 10.1.